The summed E-state index contributed by atoms with van der Waals surface area (Å²) in [6.45, 7) is 21.0. The zero-order valence-corrected chi connectivity index (χ0v) is 16.5. The maximum absolute atomic E-state index is 5.10. The van der Waals surface area contributed by atoms with Crippen LogP contribution in [0.4, 0.5) is 0 Å². The highest BCUT2D eigenvalue weighted by atomic mass is 31.1. The lowest BCUT2D eigenvalue weighted by molar-refractivity contribution is 0.417. The molecule has 1 aromatic heterocycles. The molecule has 0 atom stereocenters. The number of nitrogens with zero attached hydrogens (tertiary/aromatic N) is 2. The van der Waals surface area contributed by atoms with E-state index in [1.165, 1.54) is 11.1 Å². The third kappa shape index (κ3) is 3.23. The van der Waals surface area contributed by atoms with E-state index in [0.717, 1.165) is 5.52 Å². The van der Waals surface area contributed by atoms with Crippen molar-refractivity contribution in [3.8, 4) is 0 Å². The molecule has 0 aliphatic carbocycles. The van der Waals surface area contributed by atoms with Gasteiger partial charge in [-0.25, -0.2) is 4.98 Å². The van der Waals surface area contributed by atoms with E-state index in [0.29, 0.717) is 0 Å². The summed E-state index contributed by atoms with van der Waals surface area (Å²) in [5.41, 5.74) is 3.69. The highest BCUT2D eigenvalue weighted by Crippen LogP contribution is 2.58. The predicted octanol–water partition coefficient (Wildman–Crippen LogP) is 5.50. The van der Waals surface area contributed by atoms with E-state index in [-0.39, 0.29) is 15.9 Å². The Labute approximate surface area is 137 Å². The van der Waals surface area contributed by atoms with Crippen LogP contribution in [0.1, 0.15) is 62.3 Å². The Morgan fingerprint density at radius 2 is 1.32 bits per heavy atom. The first-order chi connectivity index (χ1) is 9.83. The van der Waals surface area contributed by atoms with Crippen molar-refractivity contribution in [2.75, 3.05) is 0 Å². The van der Waals surface area contributed by atoms with E-state index in [9.17, 15) is 0 Å². The highest BCUT2D eigenvalue weighted by Gasteiger charge is 2.40. The number of hydrogen-bond donors (Lipinski definition) is 0. The molecule has 1 aromatic carbocycles. The number of para-hydroxylation sites is 2. The van der Waals surface area contributed by atoms with Crippen molar-refractivity contribution in [3.63, 3.8) is 0 Å². The maximum atomic E-state index is 5.10. The van der Waals surface area contributed by atoms with Crippen molar-refractivity contribution < 1.29 is 0 Å². The zero-order valence-electron chi connectivity index (χ0n) is 15.7. The summed E-state index contributed by atoms with van der Waals surface area (Å²) in [6.07, 6.45) is 0. The molecule has 0 unspecified atom stereocenters. The number of aromatic nitrogens is 2. The number of rotatable bonds is 1. The molecular weight excluding hydrogens is 287 g/mol. The maximum Gasteiger partial charge on any atom is 0.134 e. The van der Waals surface area contributed by atoms with Gasteiger partial charge >= 0.3 is 0 Å². The van der Waals surface area contributed by atoms with Gasteiger partial charge in [0, 0.05) is 5.54 Å². The van der Waals surface area contributed by atoms with E-state index < -0.39 is 7.92 Å². The smallest absolute Gasteiger partial charge is 0.134 e. The summed E-state index contributed by atoms with van der Waals surface area (Å²) in [4.78, 5) is 5.10. The highest BCUT2D eigenvalue weighted by molar-refractivity contribution is 7.68. The number of hydrogen-bond acceptors (Lipinski definition) is 1. The van der Waals surface area contributed by atoms with Crippen LogP contribution in [0.25, 0.3) is 11.0 Å². The van der Waals surface area contributed by atoms with Gasteiger partial charge < -0.3 is 4.57 Å². The SMILES string of the molecule is CC(C)(C)n1c(P(C(C)(C)C)C(C)(C)C)nc2ccccc21. The lowest BCUT2D eigenvalue weighted by Crippen LogP contribution is -2.39. The van der Waals surface area contributed by atoms with Gasteiger partial charge in [0.1, 0.15) is 5.57 Å². The summed E-state index contributed by atoms with van der Waals surface area (Å²) in [7, 11) is -0.418. The lowest BCUT2D eigenvalue weighted by Gasteiger charge is -2.42. The summed E-state index contributed by atoms with van der Waals surface area (Å²) >= 11 is 0. The van der Waals surface area contributed by atoms with Crippen LogP contribution < -0.4 is 5.57 Å². The standard InChI is InChI=1S/C19H31N2P/c1-17(2,3)21-15-13-11-10-12-14(15)20-16(21)22(18(4,5)6)19(7,8)9/h10-13H,1-9H3. The summed E-state index contributed by atoms with van der Waals surface area (Å²) < 4.78 is 2.48. The van der Waals surface area contributed by atoms with Crippen LogP contribution in [0, 0.1) is 0 Å². The van der Waals surface area contributed by atoms with Gasteiger partial charge in [-0.3, -0.25) is 0 Å². The van der Waals surface area contributed by atoms with Gasteiger partial charge in [0.15, 0.2) is 0 Å². The average molecular weight is 318 g/mol. The van der Waals surface area contributed by atoms with E-state index in [1.54, 1.807) is 0 Å². The van der Waals surface area contributed by atoms with Crippen molar-refractivity contribution in [1.82, 2.24) is 9.55 Å². The molecule has 2 rings (SSSR count). The molecule has 2 nitrogen and oxygen atoms in total. The largest absolute Gasteiger partial charge is 0.319 e. The molecule has 0 aliphatic heterocycles. The predicted molar refractivity (Wildman–Crippen MR) is 101 cm³/mol. The molecule has 0 amide bonds. The minimum Gasteiger partial charge on any atom is -0.319 e. The van der Waals surface area contributed by atoms with Crippen LogP contribution in [0.3, 0.4) is 0 Å². The molecule has 0 bridgehead atoms. The van der Waals surface area contributed by atoms with Gasteiger partial charge in [0.2, 0.25) is 0 Å². The lowest BCUT2D eigenvalue weighted by atomic mass is 10.1. The third-order valence-electron chi connectivity index (χ3n) is 3.76. The molecule has 0 radical (unpaired) electrons. The van der Waals surface area contributed by atoms with Gasteiger partial charge in [-0.15, -0.1) is 0 Å². The monoisotopic (exact) mass is 318 g/mol. The van der Waals surface area contributed by atoms with E-state index in [4.69, 9.17) is 4.98 Å². The Bertz CT molecular complexity index is 649. The molecule has 122 valence electrons. The molecular formula is C19H31N2P. The average Bonchev–Trinajstić information content (AvgIpc) is 2.61. The van der Waals surface area contributed by atoms with Gasteiger partial charge in [-0.1, -0.05) is 53.7 Å². The second-order valence-electron chi connectivity index (χ2n) is 9.08. The van der Waals surface area contributed by atoms with E-state index in [2.05, 4.69) is 91.1 Å². The van der Waals surface area contributed by atoms with Gasteiger partial charge in [-0.2, -0.15) is 0 Å². The van der Waals surface area contributed by atoms with Crippen molar-refractivity contribution in [2.24, 2.45) is 0 Å². The number of fused-ring (bicyclic) bond motifs is 1. The van der Waals surface area contributed by atoms with Crippen LogP contribution in [0.2, 0.25) is 0 Å². The molecule has 0 saturated heterocycles. The summed E-state index contributed by atoms with van der Waals surface area (Å²) in [5, 5.41) is 0.440. The third-order valence-corrected chi connectivity index (χ3v) is 7.14. The minimum absolute atomic E-state index is 0.0303. The first-order valence-corrected chi connectivity index (χ1v) is 9.46. The molecule has 0 saturated carbocycles. The van der Waals surface area contributed by atoms with Gasteiger partial charge in [0.05, 0.1) is 11.0 Å². The van der Waals surface area contributed by atoms with E-state index >= 15 is 0 Å². The normalized spacial score (nSPS) is 14.1. The quantitative estimate of drug-likeness (QED) is 0.635. The zero-order chi connectivity index (χ0) is 16.9. The minimum atomic E-state index is -0.418. The number of imidazole rings is 1. The van der Waals surface area contributed by atoms with Gasteiger partial charge in [0.25, 0.3) is 0 Å². The Hall–Kier alpha value is -0.880. The van der Waals surface area contributed by atoms with E-state index in [1.807, 2.05) is 0 Å². The molecule has 0 N–H and O–H groups in total. The second-order valence-corrected chi connectivity index (χ2v) is 12.8. The van der Waals surface area contributed by atoms with Crippen molar-refractivity contribution in [3.05, 3.63) is 24.3 Å². The molecule has 0 spiro atoms. The molecule has 1 heterocycles. The van der Waals surface area contributed by atoms with Crippen LogP contribution >= 0.6 is 7.92 Å². The molecule has 3 heteroatoms. The first kappa shape index (κ1) is 17.5. The molecule has 0 fully saturated rings. The fraction of sp³-hybridized carbons (Fsp3) is 0.632. The Balaban J connectivity index is 2.84. The molecule has 0 aliphatic rings. The Kier molecular flexibility index (Phi) is 4.24. The summed E-state index contributed by atoms with van der Waals surface area (Å²) in [6, 6.07) is 8.55. The Morgan fingerprint density at radius 3 is 1.77 bits per heavy atom. The Morgan fingerprint density at radius 1 is 0.818 bits per heavy atom. The van der Waals surface area contributed by atoms with Gasteiger partial charge in [-0.05, 0) is 51.1 Å². The fourth-order valence-electron chi connectivity index (χ4n) is 3.43. The topological polar surface area (TPSA) is 17.8 Å². The van der Waals surface area contributed by atoms with Crippen molar-refractivity contribution in [1.29, 1.82) is 0 Å². The van der Waals surface area contributed by atoms with Crippen LogP contribution in [0.5, 0.6) is 0 Å². The molecule has 2 aromatic rings. The van der Waals surface area contributed by atoms with Crippen molar-refractivity contribution in [2.45, 2.75) is 78.2 Å². The van der Waals surface area contributed by atoms with Crippen LogP contribution in [-0.2, 0) is 5.54 Å². The second kappa shape index (κ2) is 5.34. The van der Waals surface area contributed by atoms with Crippen LogP contribution in [-0.4, -0.2) is 19.9 Å². The van der Waals surface area contributed by atoms with Crippen LogP contribution in [0.15, 0.2) is 24.3 Å². The molecule has 22 heavy (non-hydrogen) atoms. The van der Waals surface area contributed by atoms with Crippen molar-refractivity contribution >= 4 is 24.5 Å². The summed E-state index contributed by atoms with van der Waals surface area (Å²) in [5.74, 6) is 0. The number of benzene rings is 1. The first-order valence-electron chi connectivity index (χ1n) is 8.12. The fourth-order valence-corrected chi connectivity index (χ4v) is 7.46.